The molecule has 2 saturated heterocycles. The molecule has 2 aliphatic rings. The molecular weight excluding hydrogens is 186 g/mol. The van der Waals surface area contributed by atoms with E-state index < -0.39 is 0 Å². The molecule has 1 atom stereocenters. The number of hydrogen-bond donors (Lipinski definition) is 1. The Balaban J connectivity index is 1.59. The van der Waals surface area contributed by atoms with E-state index in [1.807, 2.05) is 0 Å². The Labute approximate surface area is 93.8 Å². The van der Waals surface area contributed by atoms with E-state index in [1.165, 1.54) is 58.5 Å². The standard InChI is InChI=1S/C12H25N3/c1-2-13-12-5-8-15(11-12)10-9-14-6-3-4-7-14/h12-13H,2-11H2,1H3. The molecule has 15 heavy (non-hydrogen) atoms. The molecule has 0 spiro atoms. The van der Waals surface area contributed by atoms with Crippen molar-refractivity contribution < 1.29 is 0 Å². The topological polar surface area (TPSA) is 18.5 Å². The van der Waals surface area contributed by atoms with Gasteiger partial charge in [0.05, 0.1) is 0 Å². The summed E-state index contributed by atoms with van der Waals surface area (Å²) in [5.74, 6) is 0. The molecule has 88 valence electrons. The second-order valence-corrected chi connectivity index (χ2v) is 4.89. The summed E-state index contributed by atoms with van der Waals surface area (Å²) in [7, 11) is 0. The van der Waals surface area contributed by atoms with E-state index in [-0.39, 0.29) is 0 Å². The maximum atomic E-state index is 3.55. The zero-order chi connectivity index (χ0) is 10.5. The second kappa shape index (κ2) is 5.83. The Bertz CT molecular complexity index is 178. The lowest BCUT2D eigenvalue weighted by molar-refractivity contribution is 0.254. The maximum Gasteiger partial charge on any atom is 0.0207 e. The van der Waals surface area contributed by atoms with Crippen LogP contribution in [0.1, 0.15) is 26.2 Å². The lowest BCUT2D eigenvalue weighted by atomic mass is 10.3. The van der Waals surface area contributed by atoms with Gasteiger partial charge in [-0.1, -0.05) is 6.92 Å². The highest BCUT2D eigenvalue weighted by Crippen LogP contribution is 2.11. The average Bonchev–Trinajstić information content (AvgIpc) is 2.85. The fourth-order valence-electron chi connectivity index (χ4n) is 2.78. The van der Waals surface area contributed by atoms with Crippen molar-refractivity contribution in [1.29, 1.82) is 0 Å². The summed E-state index contributed by atoms with van der Waals surface area (Å²) >= 11 is 0. The summed E-state index contributed by atoms with van der Waals surface area (Å²) in [5.41, 5.74) is 0. The largest absolute Gasteiger partial charge is 0.313 e. The Hall–Kier alpha value is -0.120. The van der Waals surface area contributed by atoms with E-state index >= 15 is 0 Å². The van der Waals surface area contributed by atoms with Crippen molar-refractivity contribution in [3.05, 3.63) is 0 Å². The van der Waals surface area contributed by atoms with Crippen molar-refractivity contribution in [1.82, 2.24) is 15.1 Å². The van der Waals surface area contributed by atoms with Crippen molar-refractivity contribution in [2.45, 2.75) is 32.2 Å². The number of hydrogen-bond acceptors (Lipinski definition) is 3. The Morgan fingerprint density at radius 2 is 1.80 bits per heavy atom. The van der Waals surface area contributed by atoms with Gasteiger partial charge in [0.1, 0.15) is 0 Å². The van der Waals surface area contributed by atoms with Crippen LogP contribution in [0.4, 0.5) is 0 Å². The second-order valence-electron chi connectivity index (χ2n) is 4.89. The molecule has 0 aromatic rings. The molecular formula is C12H25N3. The molecule has 3 heteroatoms. The van der Waals surface area contributed by atoms with Gasteiger partial charge in [0, 0.05) is 25.7 Å². The first kappa shape index (κ1) is 11.4. The normalized spacial score (nSPS) is 29.0. The summed E-state index contributed by atoms with van der Waals surface area (Å²) in [6, 6.07) is 0.758. The van der Waals surface area contributed by atoms with Crippen LogP contribution < -0.4 is 5.32 Å². The van der Waals surface area contributed by atoms with Crippen LogP contribution in [0.15, 0.2) is 0 Å². The smallest absolute Gasteiger partial charge is 0.0207 e. The van der Waals surface area contributed by atoms with Crippen LogP contribution in [0.25, 0.3) is 0 Å². The highest BCUT2D eigenvalue weighted by Gasteiger charge is 2.22. The van der Waals surface area contributed by atoms with E-state index in [1.54, 1.807) is 0 Å². The molecule has 2 aliphatic heterocycles. The summed E-state index contributed by atoms with van der Waals surface area (Å²) in [5, 5.41) is 3.55. The van der Waals surface area contributed by atoms with Gasteiger partial charge in [-0.25, -0.2) is 0 Å². The van der Waals surface area contributed by atoms with Gasteiger partial charge < -0.3 is 15.1 Å². The predicted octanol–water partition coefficient (Wildman–Crippen LogP) is 0.766. The number of nitrogens with one attached hydrogen (secondary N) is 1. The van der Waals surface area contributed by atoms with E-state index in [9.17, 15) is 0 Å². The quantitative estimate of drug-likeness (QED) is 0.724. The number of likely N-dealkylation sites (tertiary alicyclic amines) is 2. The molecule has 2 rings (SSSR count). The third-order valence-electron chi connectivity index (χ3n) is 3.70. The molecule has 0 aromatic carbocycles. The van der Waals surface area contributed by atoms with Crippen molar-refractivity contribution in [3.8, 4) is 0 Å². The minimum atomic E-state index is 0.758. The van der Waals surface area contributed by atoms with Gasteiger partial charge in [-0.3, -0.25) is 0 Å². The first-order valence-corrected chi connectivity index (χ1v) is 6.56. The molecule has 1 N–H and O–H groups in total. The zero-order valence-electron chi connectivity index (χ0n) is 10.0. The minimum absolute atomic E-state index is 0.758. The van der Waals surface area contributed by atoms with Crippen LogP contribution in [0.5, 0.6) is 0 Å². The van der Waals surface area contributed by atoms with Gasteiger partial charge in [0.15, 0.2) is 0 Å². The van der Waals surface area contributed by atoms with Crippen molar-refractivity contribution in [2.24, 2.45) is 0 Å². The molecule has 1 unspecified atom stereocenters. The van der Waals surface area contributed by atoms with E-state index in [4.69, 9.17) is 0 Å². The van der Waals surface area contributed by atoms with Crippen LogP contribution in [-0.2, 0) is 0 Å². The minimum Gasteiger partial charge on any atom is -0.313 e. The fourth-order valence-corrected chi connectivity index (χ4v) is 2.78. The van der Waals surface area contributed by atoms with Crippen LogP contribution in [0.3, 0.4) is 0 Å². The van der Waals surface area contributed by atoms with Gasteiger partial charge >= 0.3 is 0 Å². The highest BCUT2D eigenvalue weighted by atomic mass is 15.2. The van der Waals surface area contributed by atoms with Crippen LogP contribution in [0.2, 0.25) is 0 Å². The first-order chi connectivity index (χ1) is 7.38. The Morgan fingerprint density at radius 1 is 1.07 bits per heavy atom. The van der Waals surface area contributed by atoms with Gasteiger partial charge in [0.25, 0.3) is 0 Å². The molecule has 0 aliphatic carbocycles. The SMILES string of the molecule is CCNC1CCN(CCN2CCCC2)C1. The summed E-state index contributed by atoms with van der Waals surface area (Å²) < 4.78 is 0. The van der Waals surface area contributed by atoms with Gasteiger partial charge in [0.2, 0.25) is 0 Å². The van der Waals surface area contributed by atoms with E-state index in [0.717, 1.165) is 12.6 Å². The van der Waals surface area contributed by atoms with Crippen LogP contribution >= 0.6 is 0 Å². The lowest BCUT2D eigenvalue weighted by Gasteiger charge is -2.20. The van der Waals surface area contributed by atoms with E-state index in [2.05, 4.69) is 22.0 Å². The maximum absolute atomic E-state index is 3.55. The molecule has 0 aromatic heterocycles. The Kier molecular flexibility index (Phi) is 4.42. The number of likely N-dealkylation sites (N-methyl/N-ethyl adjacent to an activating group) is 1. The Morgan fingerprint density at radius 3 is 2.53 bits per heavy atom. The number of rotatable bonds is 5. The monoisotopic (exact) mass is 211 g/mol. The van der Waals surface area contributed by atoms with Gasteiger partial charge in [-0.2, -0.15) is 0 Å². The predicted molar refractivity (Wildman–Crippen MR) is 64.2 cm³/mol. The third kappa shape index (κ3) is 3.44. The van der Waals surface area contributed by atoms with Crippen LogP contribution in [0, 0.1) is 0 Å². The lowest BCUT2D eigenvalue weighted by Crippen LogP contribution is -2.36. The summed E-state index contributed by atoms with van der Waals surface area (Å²) in [4.78, 5) is 5.23. The summed E-state index contributed by atoms with van der Waals surface area (Å²) in [6.07, 6.45) is 4.17. The van der Waals surface area contributed by atoms with Crippen molar-refractivity contribution in [3.63, 3.8) is 0 Å². The fraction of sp³-hybridized carbons (Fsp3) is 1.00. The van der Waals surface area contributed by atoms with Gasteiger partial charge in [-0.05, 0) is 45.4 Å². The number of nitrogens with zero attached hydrogens (tertiary/aromatic N) is 2. The molecule has 2 fully saturated rings. The molecule has 3 nitrogen and oxygen atoms in total. The van der Waals surface area contributed by atoms with Crippen molar-refractivity contribution in [2.75, 3.05) is 45.8 Å². The van der Waals surface area contributed by atoms with Crippen LogP contribution in [-0.4, -0.2) is 61.7 Å². The first-order valence-electron chi connectivity index (χ1n) is 6.56. The molecule has 0 saturated carbocycles. The molecule has 0 amide bonds. The molecule has 0 radical (unpaired) electrons. The van der Waals surface area contributed by atoms with Crippen molar-refractivity contribution >= 4 is 0 Å². The summed E-state index contributed by atoms with van der Waals surface area (Å²) in [6.45, 7) is 11.1. The molecule has 2 heterocycles. The van der Waals surface area contributed by atoms with E-state index in [0.29, 0.717) is 0 Å². The van der Waals surface area contributed by atoms with Gasteiger partial charge in [-0.15, -0.1) is 0 Å². The third-order valence-corrected chi connectivity index (χ3v) is 3.70. The molecule has 0 bridgehead atoms. The average molecular weight is 211 g/mol. The highest BCUT2D eigenvalue weighted by molar-refractivity contribution is 4.81. The zero-order valence-corrected chi connectivity index (χ0v) is 10.0.